The third-order valence-corrected chi connectivity index (χ3v) is 13.2. The maximum Gasteiger partial charge on any atom is 0.310 e. The molecule has 0 amide bonds. The van der Waals surface area contributed by atoms with Crippen molar-refractivity contribution in [1.82, 2.24) is 0 Å². The van der Waals surface area contributed by atoms with Crippen LogP contribution in [0.3, 0.4) is 0 Å². The third-order valence-electron chi connectivity index (χ3n) is 13.2. The van der Waals surface area contributed by atoms with E-state index in [4.69, 9.17) is 14.2 Å². The minimum absolute atomic E-state index is 0.0974. The third kappa shape index (κ3) is 57.6. The number of carbonyl (C=O) groups is 3. The first-order valence-electron chi connectivity index (χ1n) is 30.4. The van der Waals surface area contributed by atoms with Gasteiger partial charge in [0.1, 0.15) is 13.2 Å². The SMILES string of the molecule is CC/C=C\C/C=C\C/C=C\C/C=C\C/C=C\CC(=O)OC(COC(=O)CCCCCCC/C=C\CCCCCC)COC(=O)CCCCCCCCCCCCCCCCCCCCCCCCCCC. The molecule has 0 rings (SSSR count). The highest BCUT2D eigenvalue weighted by molar-refractivity contribution is 5.72. The molecule has 0 aromatic carbocycles. The van der Waals surface area contributed by atoms with Gasteiger partial charge in [-0.3, -0.25) is 14.4 Å². The Labute approximate surface area is 440 Å². The molecule has 0 bridgehead atoms. The van der Waals surface area contributed by atoms with E-state index in [1.807, 2.05) is 6.08 Å². The molecule has 6 heteroatoms. The van der Waals surface area contributed by atoms with Gasteiger partial charge in [0.25, 0.3) is 0 Å². The van der Waals surface area contributed by atoms with Crippen LogP contribution in [0.4, 0.5) is 0 Å². The van der Waals surface area contributed by atoms with E-state index >= 15 is 0 Å². The van der Waals surface area contributed by atoms with Gasteiger partial charge in [0.15, 0.2) is 6.10 Å². The molecular formula is C65H114O6. The van der Waals surface area contributed by atoms with Gasteiger partial charge >= 0.3 is 17.9 Å². The van der Waals surface area contributed by atoms with E-state index in [0.29, 0.717) is 12.8 Å². The van der Waals surface area contributed by atoms with E-state index in [2.05, 4.69) is 81.5 Å². The molecule has 1 atom stereocenters. The second-order valence-corrected chi connectivity index (χ2v) is 20.3. The van der Waals surface area contributed by atoms with Gasteiger partial charge in [0, 0.05) is 12.8 Å². The molecule has 0 N–H and O–H groups in total. The monoisotopic (exact) mass is 991 g/mol. The van der Waals surface area contributed by atoms with Gasteiger partial charge in [-0.1, -0.05) is 286 Å². The highest BCUT2D eigenvalue weighted by Crippen LogP contribution is 2.17. The van der Waals surface area contributed by atoms with Gasteiger partial charge in [-0.15, -0.1) is 0 Å². The minimum atomic E-state index is -0.832. The number of rotatable bonds is 55. The van der Waals surface area contributed by atoms with Gasteiger partial charge in [0.2, 0.25) is 0 Å². The van der Waals surface area contributed by atoms with Crippen molar-refractivity contribution in [3.05, 3.63) is 72.9 Å². The van der Waals surface area contributed by atoms with Crippen molar-refractivity contribution in [1.29, 1.82) is 0 Å². The Morgan fingerprint density at radius 1 is 0.310 bits per heavy atom. The Kier molecular flexibility index (Phi) is 56.8. The molecule has 0 radical (unpaired) electrons. The number of carbonyl (C=O) groups excluding carboxylic acids is 3. The first kappa shape index (κ1) is 67.8. The summed E-state index contributed by atoms with van der Waals surface area (Å²) in [5.74, 6) is -1.04. The van der Waals surface area contributed by atoms with E-state index in [1.165, 1.54) is 180 Å². The topological polar surface area (TPSA) is 78.9 Å². The fourth-order valence-corrected chi connectivity index (χ4v) is 8.69. The van der Waals surface area contributed by atoms with E-state index in [1.54, 1.807) is 6.08 Å². The molecule has 0 aromatic heterocycles. The minimum Gasteiger partial charge on any atom is -0.462 e. The molecule has 0 saturated carbocycles. The number of esters is 3. The molecule has 0 spiro atoms. The van der Waals surface area contributed by atoms with Crippen LogP contribution in [-0.2, 0) is 28.6 Å². The average molecular weight is 992 g/mol. The van der Waals surface area contributed by atoms with E-state index in [-0.39, 0.29) is 31.6 Å². The number of allylic oxidation sites excluding steroid dienone is 11. The lowest BCUT2D eigenvalue weighted by Crippen LogP contribution is -2.30. The average Bonchev–Trinajstić information content (AvgIpc) is 3.37. The molecule has 6 nitrogen and oxygen atoms in total. The molecule has 0 aliphatic rings. The van der Waals surface area contributed by atoms with Crippen LogP contribution in [-0.4, -0.2) is 37.2 Å². The van der Waals surface area contributed by atoms with Gasteiger partial charge in [-0.2, -0.15) is 0 Å². The van der Waals surface area contributed by atoms with Crippen LogP contribution in [0.25, 0.3) is 0 Å². The summed E-state index contributed by atoms with van der Waals surface area (Å²) in [6.07, 6.45) is 76.6. The van der Waals surface area contributed by atoms with Crippen LogP contribution in [0.2, 0.25) is 0 Å². The molecule has 0 aromatic rings. The van der Waals surface area contributed by atoms with E-state index in [0.717, 1.165) is 83.5 Å². The Morgan fingerprint density at radius 2 is 0.592 bits per heavy atom. The maximum absolute atomic E-state index is 12.8. The van der Waals surface area contributed by atoms with Gasteiger partial charge in [-0.05, 0) is 70.6 Å². The van der Waals surface area contributed by atoms with Crippen LogP contribution < -0.4 is 0 Å². The zero-order chi connectivity index (χ0) is 51.4. The summed E-state index contributed by atoms with van der Waals surface area (Å²) in [6.45, 7) is 6.45. The number of hydrogen-bond acceptors (Lipinski definition) is 6. The van der Waals surface area contributed by atoms with Crippen molar-refractivity contribution < 1.29 is 28.6 Å². The summed E-state index contributed by atoms with van der Waals surface area (Å²) in [6, 6.07) is 0. The normalized spacial score (nSPS) is 12.5. The number of hydrogen-bond donors (Lipinski definition) is 0. The predicted molar refractivity (Wildman–Crippen MR) is 307 cm³/mol. The quantitative estimate of drug-likeness (QED) is 0.0261. The van der Waals surface area contributed by atoms with Crippen molar-refractivity contribution >= 4 is 17.9 Å². The largest absolute Gasteiger partial charge is 0.462 e. The van der Waals surface area contributed by atoms with E-state index in [9.17, 15) is 14.4 Å². The zero-order valence-corrected chi connectivity index (χ0v) is 47.0. The Morgan fingerprint density at radius 3 is 0.930 bits per heavy atom. The van der Waals surface area contributed by atoms with E-state index < -0.39 is 12.1 Å². The van der Waals surface area contributed by atoms with Crippen molar-refractivity contribution in [2.45, 2.75) is 309 Å². The summed E-state index contributed by atoms with van der Waals surface area (Å²) in [4.78, 5) is 38.1. The summed E-state index contributed by atoms with van der Waals surface area (Å²) >= 11 is 0. The first-order valence-corrected chi connectivity index (χ1v) is 30.4. The Balaban J connectivity index is 4.31. The fraction of sp³-hybridized carbons (Fsp3) is 0.769. The van der Waals surface area contributed by atoms with Crippen LogP contribution in [0.15, 0.2) is 72.9 Å². The summed E-state index contributed by atoms with van der Waals surface area (Å²) in [5, 5.41) is 0. The van der Waals surface area contributed by atoms with Crippen LogP contribution >= 0.6 is 0 Å². The summed E-state index contributed by atoms with van der Waals surface area (Å²) in [5.41, 5.74) is 0. The number of ether oxygens (including phenoxy) is 3. The molecular weight excluding hydrogens is 877 g/mol. The second kappa shape index (κ2) is 59.4. The van der Waals surface area contributed by atoms with Crippen LogP contribution in [0.1, 0.15) is 303 Å². The molecule has 0 fully saturated rings. The molecule has 0 saturated heterocycles. The lowest BCUT2D eigenvalue weighted by Gasteiger charge is -2.18. The molecule has 71 heavy (non-hydrogen) atoms. The van der Waals surface area contributed by atoms with Crippen molar-refractivity contribution in [2.24, 2.45) is 0 Å². The van der Waals surface area contributed by atoms with Crippen LogP contribution in [0.5, 0.6) is 0 Å². The maximum atomic E-state index is 12.8. The Hall–Kier alpha value is -3.15. The van der Waals surface area contributed by atoms with Crippen molar-refractivity contribution in [3.8, 4) is 0 Å². The summed E-state index contributed by atoms with van der Waals surface area (Å²) < 4.78 is 16.8. The fourth-order valence-electron chi connectivity index (χ4n) is 8.69. The summed E-state index contributed by atoms with van der Waals surface area (Å²) in [7, 11) is 0. The highest BCUT2D eigenvalue weighted by atomic mass is 16.6. The Bertz CT molecular complexity index is 1320. The molecule has 1 unspecified atom stereocenters. The van der Waals surface area contributed by atoms with Crippen molar-refractivity contribution in [3.63, 3.8) is 0 Å². The van der Waals surface area contributed by atoms with Crippen molar-refractivity contribution in [2.75, 3.05) is 13.2 Å². The number of unbranched alkanes of at least 4 members (excludes halogenated alkanes) is 33. The first-order chi connectivity index (χ1) is 35.0. The van der Waals surface area contributed by atoms with Gasteiger partial charge < -0.3 is 14.2 Å². The molecule has 0 aliphatic carbocycles. The zero-order valence-electron chi connectivity index (χ0n) is 47.0. The van der Waals surface area contributed by atoms with Gasteiger partial charge in [0.05, 0.1) is 6.42 Å². The standard InChI is InChI=1S/C65H114O6/c1-4-7-10-13-16-19-22-25-27-28-29-30-31-32-33-34-35-36-38-40-43-46-49-52-55-58-64(67)70-61-62(60-69-63(66)57-54-51-48-45-42-39-24-21-18-15-12-9-6-3)71-65(68)59-56-53-50-47-44-41-37-26-23-20-17-14-11-8-5-2/h8,11,17,20-21,24,26,37,44,47,53,56,62H,4-7,9-10,12-16,18-19,22-23,25,27-36,38-43,45-46,48-52,54-55,57-61H2,1-3H3/b11-8-,20-17-,24-21-,37-26-,47-44-,56-53-. The lowest BCUT2D eigenvalue weighted by molar-refractivity contribution is -0.166. The van der Waals surface area contributed by atoms with Gasteiger partial charge in [-0.25, -0.2) is 0 Å². The molecule has 410 valence electrons. The predicted octanol–water partition coefficient (Wildman–Crippen LogP) is 20.5. The lowest BCUT2D eigenvalue weighted by atomic mass is 10.0. The molecule has 0 aliphatic heterocycles. The smallest absolute Gasteiger partial charge is 0.310 e. The molecule has 0 heterocycles. The highest BCUT2D eigenvalue weighted by Gasteiger charge is 2.19. The van der Waals surface area contributed by atoms with Crippen LogP contribution in [0, 0.1) is 0 Å². The second-order valence-electron chi connectivity index (χ2n) is 20.3.